The molecule has 1 heterocycles. The topological polar surface area (TPSA) is 58.7 Å². The monoisotopic (exact) mass is 308 g/mol. The van der Waals surface area contributed by atoms with Crippen molar-refractivity contribution in [2.24, 2.45) is 0 Å². The van der Waals surface area contributed by atoms with Gasteiger partial charge < -0.3 is 27.8 Å². The fourth-order valence-corrected chi connectivity index (χ4v) is 3.99. The van der Waals surface area contributed by atoms with Crippen LogP contribution >= 0.6 is 0 Å². The first kappa shape index (κ1) is 18.0. The summed E-state index contributed by atoms with van der Waals surface area (Å²) in [5, 5.41) is 0. The molecule has 0 radical (unpaired) electrons. The number of epoxide rings is 1. The van der Waals surface area contributed by atoms with Crippen molar-refractivity contribution in [1.29, 1.82) is 0 Å². The summed E-state index contributed by atoms with van der Waals surface area (Å²) in [5.41, 5.74) is -0.898. The average Bonchev–Trinajstić information content (AvgIpc) is 3.23. The number of ether oxygens (including phenoxy) is 4. The molecule has 0 N–H and O–H groups in total. The van der Waals surface area contributed by atoms with Crippen LogP contribution < -0.4 is 0 Å². The predicted octanol–water partition coefficient (Wildman–Crippen LogP) is 1.00. The zero-order valence-corrected chi connectivity index (χ0v) is 14.2. The van der Waals surface area contributed by atoms with E-state index in [0.29, 0.717) is 39.6 Å². The van der Waals surface area contributed by atoms with Crippen molar-refractivity contribution in [2.45, 2.75) is 39.2 Å². The van der Waals surface area contributed by atoms with E-state index in [1.165, 1.54) is 0 Å². The van der Waals surface area contributed by atoms with Crippen LogP contribution in [-0.2, 0) is 27.8 Å². The van der Waals surface area contributed by atoms with E-state index in [9.17, 15) is 0 Å². The number of rotatable bonds is 13. The predicted molar refractivity (Wildman–Crippen MR) is 76.9 cm³/mol. The molecule has 1 aliphatic rings. The van der Waals surface area contributed by atoms with Gasteiger partial charge in [-0.05, 0) is 27.7 Å². The molecule has 0 aromatic rings. The van der Waals surface area contributed by atoms with Gasteiger partial charge >= 0.3 is 9.28 Å². The molecule has 1 aliphatic heterocycles. The van der Waals surface area contributed by atoms with E-state index in [0.717, 1.165) is 6.61 Å². The van der Waals surface area contributed by atoms with Crippen LogP contribution in [0.5, 0.6) is 0 Å². The highest BCUT2D eigenvalue weighted by Gasteiger charge is 2.46. The molecular formula is C13H28O6Si. The van der Waals surface area contributed by atoms with Gasteiger partial charge in [0.25, 0.3) is 0 Å². The van der Waals surface area contributed by atoms with Gasteiger partial charge in [-0.1, -0.05) is 0 Å². The van der Waals surface area contributed by atoms with Crippen LogP contribution in [0.3, 0.4) is 0 Å². The summed E-state index contributed by atoms with van der Waals surface area (Å²) < 4.78 is 34.1. The molecule has 0 aromatic heterocycles. The Kier molecular flexibility index (Phi) is 8.86. The Morgan fingerprint density at radius 2 is 1.55 bits per heavy atom. The Morgan fingerprint density at radius 1 is 1.00 bits per heavy atom. The van der Waals surface area contributed by atoms with Crippen molar-refractivity contribution in [2.75, 3.05) is 46.2 Å². The van der Waals surface area contributed by atoms with Crippen molar-refractivity contribution in [3.8, 4) is 0 Å². The van der Waals surface area contributed by atoms with Gasteiger partial charge in [0.2, 0.25) is 5.41 Å². The molecule has 0 spiro atoms. The van der Waals surface area contributed by atoms with Gasteiger partial charge in [0.05, 0.1) is 13.2 Å². The molecule has 0 aliphatic carbocycles. The van der Waals surface area contributed by atoms with Crippen LogP contribution in [0.25, 0.3) is 0 Å². The molecule has 1 fully saturated rings. The number of hydrogen-bond donors (Lipinski definition) is 0. The summed E-state index contributed by atoms with van der Waals surface area (Å²) in [6.07, 6.45) is 0.218. The zero-order valence-electron chi connectivity index (χ0n) is 13.1. The second kappa shape index (κ2) is 9.83. The molecule has 20 heavy (non-hydrogen) atoms. The van der Waals surface area contributed by atoms with Crippen LogP contribution in [-0.4, -0.2) is 67.0 Å². The Morgan fingerprint density at radius 3 is 1.95 bits per heavy atom. The Balaban J connectivity index is 2.68. The van der Waals surface area contributed by atoms with Crippen LogP contribution in [0.1, 0.15) is 27.7 Å². The summed E-state index contributed by atoms with van der Waals surface area (Å²) in [6, 6.07) is 0. The highest BCUT2D eigenvalue weighted by atomic mass is 28.3. The SMILES string of the molecule is CCO[SiH](OCC)C(COCC1CO1)(OCC)OCC. The first-order valence-corrected chi connectivity index (χ1v) is 8.94. The van der Waals surface area contributed by atoms with Gasteiger partial charge in [-0.15, -0.1) is 0 Å². The molecule has 120 valence electrons. The minimum absolute atomic E-state index is 0.218. The molecule has 0 bridgehead atoms. The van der Waals surface area contributed by atoms with Gasteiger partial charge in [0.1, 0.15) is 12.7 Å². The van der Waals surface area contributed by atoms with Crippen molar-refractivity contribution >= 4 is 9.28 Å². The lowest BCUT2D eigenvalue weighted by Crippen LogP contribution is -2.57. The van der Waals surface area contributed by atoms with Crippen LogP contribution in [0.4, 0.5) is 0 Å². The maximum Gasteiger partial charge on any atom is 0.387 e. The molecule has 1 rings (SSSR count). The maximum absolute atomic E-state index is 5.86. The highest BCUT2D eigenvalue weighted by Crippen LogP contribution is 2.21. The molecule has 1 atom stereocenters. The molecule has 0 aromatic carbocycles. The normalized spacial score (nSPS) is 18.8. The zero-order chi connectivity index (χ0) is 14.8. The van der Waals surface area contributed by atoms with Gasteiger partial charge in [-0.25, -0.2) is 0 Å². The van der Waals surface area contributed by atoms with Gasteiger partial charge in [0, 0.05) is 26.4 Å². The van der Waals surface area contributed by atoms with E-state index in [2.05, 4.69) is 0 Å². The summed E-state index contributed by atoms with van der Waals surface area (Å²) in [4.78, 5) is 0. The Labute approximate surface area is 123 Å². The Bertz CT molecular complexity index is 237. The summed E-state index contributed by atoms with van der Waals surface area (Å²) >= 11 is 0. The van der Waals surface area contributed by atoms with Crippen LogP contribution in [0.15, 0.2) is 0 Å². The summed E-state index contributed by atoms with van der Waals surface area (Å²) in [7, 11) is -2.17. The standard InChI is InChI=1S/C13H28O6Si/c1-5-16-13(17-6-2,11-14-9-12-10-15-12)20(18-7-3)19-8-4/h12,20H,5-11H2,1-4H3. The molecule has 1 saturated heterocycles. The summed E-state index contributed by atoms with van der Waals surface area (Å²) in [5.74, 6) is 0. The van der Waals surface area contributed by atoms with E-state index in [4.69, 9.17) is 27.8 Å². The van der Waals surface area contributed by atoms with Crippen molar-refractivity contribution in [1.82, 2.24) is 0 Å². The van der Waals surface area contributed by atoms with Crippen molar-refractivity contribution < 1.29 is 27.8 Å². The third kappa shape index (κ3) is 5.77. The van der Waals surface area contributed by atoms with E-state index < -0.39 is 14.7 Å². The molecule has 1 unspecified atom stereocenters. The van der Waals surface area contributed by atoms with Crippen molar-refractivity contribution in [3.05, 3.63) is 0 Å². The lowest BCUT2D eigenvalue weighted by atomic mass is 10.5. The van der Waals surface area contributed by atoms with E-state index in [-0.39, 0.29) is 6.10 Å². The maximum atomic E-state index is 5.86. The molecule has 0 amide bonds. The molecule has 7 heteroatoms. The van der Waals surface area contributed by atoms with E-state index in [1.54, 1.807) is 0 Å². The van der Waals surface area contributed by atoms with E-state index in [1.807, 2.05) is 27.7 Å². The fraction of sp³-hybridized carbons (Fsp3) is 1.00. The lowest BCUT2D eigenvalue weighted by molar-refractivity contribution is -0.223. The number of hydrogen-bond acceptors (Lipinski definition) is 6. The molecule has 6 nitrogen and oxygen atoms in total. The van der Waals surface area contributed by atoms with E-state index >= 15 is 0 Å². The smallest absolute Gasteiger partial charge is 0.387 e. The minimum atomic E-state index is -2.17. The molecule has 0 saturated carbocycles. The van der Waals surface area contributed by atoms with Crippen LogP contribution in [0, 0.1) is 0 Å². The largest absolute Gasteiger partial charge is 0.394 e. The third-order valence-electron chi connectivity index (χ3n) is 2.78. The first-order chi connectivity index (χ1) is 9.72. The second-order valence-corrected chi connectivity index (χ2v) is 6.60. The summed E-state index contributed by atoms with van der Waals surface area (Å²) in [6.45, 7) is 11.6. The van der Waals surface area contributed by atoms with Gasteiger partial charge in [-0.3, -0.25) is 0 Å². The van der Waals surface area contributed by atoms with Crippen LogP contribution in [0.2, 0.25) is 0 Å². The molecular weight excluding hydrogens is 280 g/mol. The Hall–Kier alpha value is -0.0231. The quantitative estimate of drug-likeness (QED) is 0.287. The van der Waals surface area contributed by atoms with Gasteiger partial charge in [-0.2, -0.15) is 0 Å². The fourth-order valence-electron chi connectivity index (χ4n) is 1.92. The highest BCUT2D eigenvalue weighted by molar-refractivity contribution is 6.47. The minimum Gasteiger partial charge on any atom is -0.394 e. The lowest BCUT2D eigenvalue weighted by Gasteiger charge is -2.37. The third-order valence-corrected chi connectivity index (χ3v) is 5.27. The first-order valence-electron chi connectivity index (χ1n) is 7.42. The second-order valence-electron chi connectivity index (χ2n) is 4.39. The average molecular weight is 308 g/mol. The van der Waals surface area contributed by atoms with Crippen molar-refractivity contribution in [3.63, 3.8) is 0 Å². The van der Waals surface area contributed by atoms with Gasteiger partial charge in [0.15, 0.2) is 0 Å².